The molecule has 3 aromatic carbocycles. The maximum absolute atomic E-state index is 13.6. The first kappa shape index (κ1) is 22.0. The molecule has 0 saturated carbocycles. The molecule has 6 nitrogen and oxygen atoms in total. The summed E-state index contributed by atoms with van der Waals surface area (Å²) in [5.74, 6) is -0.436. The fourth-order valence-electron chi connectivity index (χ4n) is 3.84. The van der Waals surface area contributed by atoms with Crippen LogP contribution >= 0.6 is 23.2 Å². The highest BCUT2D eigenvalue weighted by Crippen LogP contribution is 2.40. The number of nitrogens with zero attached hydrogens (tertiary/aromatic N) is 1. The maximum Gasteiger partial charge on any atom is 0.328 e. The smallest absolute Gasteiger partial charge is 0.328 e. The third-order valence-corrected chi connectivity index (χ3v) is 5.79. The van der Waals surface area contributed by atoms with Crippen LogP contribution < -0.4 is 15.5 Å². The lowest BCUT2D eigenvalue weighted by molar-refractivity contribution is -0.141. The number of anilines is 3. The molecule has 2 atom stereocenters. The van der Waals surface area contributed by atoms with Crippen molar-refractivity contribution < 1.29 is 14.3 Å². The van der Waals surface area contributed by atoms with Crippen molar-refractivity contribution in [2.45, 2.75) is 18.5 Å². The minimum atomic E-state index is -0.658. The molecule has 0 saturated heterocycles. The van der Waals surface area contributed by atoms with Gasteiger partial charge in [-0.15, -0.1) is 0 Å². The molecule has 0 aromatic heterocycles. The lowest BCUT2D eigenvalue weighted by Crippen LogP contribution is -2.45. The molecule has 4 rings (SSSR count). The van der Waals surface area contributed by atoms with Crippen LogP contribution in [0.15, 0.2) is 72.8 Å². The summed E-state index contributed by atoms with van der Waals surface area (Å²) in [6, 6.07) is 20.4. The predicted octanol–water partition coefficient (Wildman–Crippen LogP) is 5.94. The van der Waals surface area contributed by atoms with Crippen molar-refractivity contribution in [2.24, 2.45) is 0 Å². The lowest BCUT2D eigenvalue weighted by atomic mass is 9.92. The van der Waals surface area contributed by atoms with Crippen molar-refractivity contribution >= 4 is 52.3 Å². The highest BCUT2D eigenvalue weighted by Gasteiger charge is 2.35. The van der Waals surface area contributed by atoms with Gasteiger partial charge in [-0.25, -0.2) is 9.59 Å². The highest BCUT2D eigenvalue weighted by atomic mass is 35.5. The van der Waals surface area contributed by atoms with E-state index in [0.29, 0.717) is 32.7 Å². The van der Waals surface area contributed by atoms with Crippen LogP contribution in [0.2, 0.25) is 10.0 Å². The van der Waals surface area contributed by atoms with Crippen molar-refractivity contribution in [3.05, 3.63) is 88.4 Å². The SMILES string of the molecule is COC(=O)[C@H]1C[C@H](NC(=O)N(c2ccccc2)c2ccccc2)c2c(Cl)cc(Cl)cc2N1. The number of esters is 1. The van der Waals surface area contributed by atoms with Gasteiger partial charge in [0.25, 0.3) is 0 Å². The van der Waals surface area contributed by atoms with Crippen molar-refractivity contribution in [3.8, 4) is 0 Å². The van der Waals surface area contributed by atoms with Gasteiger partial charge in [0.1, 0.15) is 6.04 Å². The number of fused-ring (bicyclic) bond motifs is 1. The Labute approximate surface area is 196 Å². The molecule has 0 spiro atoms. The molecule has 1 heterocycles. The van der Waals surface area contributed by atoms with Gasteiger partial charge in [-0.2, -0.15) is 0 Å². The number of carbonyl (C=O) groups is 2. The van der Waals surface area contributed by atoms with E-state index in [1.807, 2.05) is 60.7 Å². The summed E-state index contributed by atoms with van der Waals surface area (Å²) >= 11 is 12.7. The molecule has 0 radical (unpaired) electrons. The molecule has 8 heteroatoms. The number of ether oxygens (including phenoxy) is 1. The summed E-state index contributed by atoms with van der Waals surface area (Å²) in [6.45, 7) is 0. The molecule has 32 heavy (non-hydrogen) atoms. The molecule has 1 aliphatic heterocycles. The highest BCUT2D eigenvalue weighted by molar-refractivity contribution is 6.35. The molecule has 164 valence electrons. The summed E-state index contributed by atoms with van der Waals surface area (Å²) in [6.07, 6.45) is 0.268. The van der Waals surface area contributed by atoms with E-state index >= 15 is 0 Å². The second-order valence-corrected chi connectivity index (χ2v) is 8.16. The fraction of sp³-hybridized carbons (Fsp3) is 0.167. The van der Waals surface area contributed by atoms with Gasteiger partial charge in [0.05, 0.1) is 24.5 Å². The number of hydrogen-bond acceptors (Lipinski definition) is 4. The second kappa shape index (κ2) is 9.51. The number of rotatable bonds is 4. The van der Waals surface area contributed by atoms with E-state index in [-0.39, 0.29) is 12.5 Å². The molecule has 0 aliphatic carbocycles. The molecule has 2 N–H and O–H groups in total. The number of halogens is 2. The van der Waals surface area contributed by atoms with Crippen LogP contribution in [0, 0.1) is 0 Å². The summed E-state index contributed by atoms with van der Waals surface area (Å²) in [5, 5.41) is 7.00. The standard InChI is InChI=1S/C24H21Cl2N3O3/c1-32-23(30)21-14-20(22-18(26)12-15(25)13-19(22)27-21)28-24(31)29(16-8-4-2-5-9-16)17-10-6-3-7-11-17/h2-13,20-21,27H,14H2,1H3,(H,28,31)/t20-,21+/m0/s1. The molecule has 0 bridgehead atoms. The first-order valence-electron chi connectivity index (χ1n) is 10.0. The average molecular weight is 470 g/mol. The number of para-hydroxylation sites is 2. The monoisotopic (exact) mass is 469 g/mol. The van der Waals surface area contributed by atoms with E-state index < -0.39 is 18.1 Å². The van der Waals surface area contributed by atoms with Crippen LogP contribution in [-0.4, -0.2) is 25.2 Å². The number of benzene rings is 3. The quantitative estimate of drug-likeness (QED) is 0.463. The zero-order valence-electron chi connectivity index (χ0n) is 17.2. The fourth-order valence-corrected chi connectivity index (χ4v) is 4.46. The van der Waals surface area contributed by atoms with Gasteiger partial charge < -0.3 is 15.4 Å². The first-order valence-corrected chi connectivity index (χ1v) is 10.8. The van der Waals surface area contributed by atoms with Crippen LogP contribution in [0.1, 0.15) is 18.0 Å². The van der Waals surface area contributed by atoms with Gasteiger partial charge in [0.2, 0.25) is 0 Å². The van der Waals surface area contributed by atoms with E-state index in [1.165, 1.54) is 7.11 Å². The average Bonchev–Trinajstić information content (AvgIpc) is 2.79. The van der Waals surface area contributed by atoms with E-state index in [9.17, 15) is 9.59 Å². The van der Waals surface area contributed by atoms with Gasteiger partial charge in [0, 0.05) is 27.7 Å². The number of carbonyl (C=O) groups excluding carboxylic acids is 2. The first-order chi connectivity index (χ1) is 15.5. The Morgan fingerprint density at radius 1 is 1.00 bits per heavy atom. The van der Waals surface area contributed by atoms with Crippen LogP contribution in [0.5, 0.6) is 0 Å². The van der Waals surface area contributed by atoms with Crippen molar-refractivity contribution in [1.82, 2.24) is 5.32 Å². The Balaban J connectivity index is 1.71. The predicted molar refractivity (Wildman–Crippen MR) is 127 cm³/mol. The molecule has 0 fully saturated rings. The molecular formula is C24H21Cl2N3O3. The van der Waals surface area contributed by atoms with E-state index in [1.54, 1.807) is 17.0 Å². The maximum atomic E-state index is 13.6. The van der Waals surface area contributed by atoms with E-state index in [0.717, 1.165) is 0 Å². The summed E-state index contributed by atoms with van der Waals surface area (Å²) < 4.78 is 4.91. The third kappa shape index (κ3) is 4.52. The summed E-state index contributed by atoms with van der Waals surface area (Å²) in [7, 11) is 1.32. The number of amides is 2. The van der Waals surface area contributed by atoms with Gasteiger partial charge >= 0.3 is 12.0 Å². The Kier molecular flexibility index (Phi) is 6.53. The Morgan fingerprint density at radius 3 is 2.16 bits per heavy atom. The van der Waals surface area contributed by atoms with Crippen molar-refractivity contribution in [3.63, 3.8) is 0 Å². The topological polar surface area (TPSA) is 70.7 Å². The van der Waals surface area contributed by atoms with E-state index in [4.69, 9.17) is 27.9 Å². The Bertz CT molecular complexity index is 1090. The van der Waals surface area contributed by atoms with Crippen LogP contribution in [-0.2, 0) is 9.53 Å². The lowest BCUT2D eigenvalue weighted by Gasteiger charge is -2.34. The summed E-state index contributed by atoms with van der Waals surface area (Å²) in [4.78, 5) is 27.4. The van der Waals surface area contributed by atoms with Gasteiger partial charge in [-0.3, -0.25) is 4.90 Å². The summed E-state index contributed by atoms with van der Waals surface area (Å²) in [5.41, 5.74) is 2.67. The molecule has 2 amide bonds. The minimum Gasteiger partial charge on any atom is -0.467 e. The van der Waals surface area contributed by atoms with Crippen LogP contribution in [0.4, 0.5) is 21.9 Å². The van der Waals surface area contributed by atoms with Gasteiger partial charge in [0.15, 0.2) is 0 Å². The number of hydrogen-bond donors (Lipinski definition) is 2. The zero-order valence-corrected chi connectivity index (χ0v) is 18.7. The van der Waals surface area contributed by atoms with Crippen LogP contribution in [0.25, 0.3) is 0 Å². The number of methoxy groups -OCH3 is 1. The van der Waals surface area contributed by atoms with Crippen molar-refractivity contribution in [1.29, 1.82) is 0 Å². The van der Waals surface area contributed by atoms with E-state index in [2.05, 4.69) is 10.6 Å². The van der Waals surface area contributed by atoms with Crippen molar-refractivity contribution in [2.75, 3.05) is 17.3 Å². The molecule has 1 aliphatic rings. The zero-order chi connectivity index (χ0) is 22.7. The minimum absolute atomic E-state index is 0.268. The van der Waals surface area contributed by atoms with Crippen LogP contribution in [0.3, 0.4) is 0 Å². The normalized spacial score (nSPS) is 17.0. The van der Waals surface area contributed by atoms with Gasteiger partial charge in [-0.1, -0.05) is 59.6 Å². The largest absolute Gasteiger partial charge is 0.467 e. The molecule has 3 aromatic rings. The number of nitrogens with one attached hydrogen (secondary N) is 2. The Morgan fingerprint density at radius 2 is 1.59 bits per heavy atom. The molecule has 0 unspecified atom stereocenters. The Hall–Kier alpha value is -3.22. The number of urea groups is 1. The van der Waals surface area contributed by atoms with Gasteiger partial charge in [-0.05, 0) is 36.4 Å². The second-order valence-electron chi connectivity index (χ2n) is 7.31. The third-order valence-electron chi connectivity index (χ3n) is 5.26. The molecular weight excluding hydrogens is 449 g/mol.